The number of fused-ring (bicyclic) bond motifs is 1. The Balaban J connectivity index is 1.67. The van der Waals surface area contributed by atoms with Crippen LogP contribution in [0.5, 0.6) is 0 Å². The zero-order valence-electron chi connectivity index (χ0n) is 15.8. The number of nitriles is 1. The SMILES string of the molecule is CC(C)(C)C1CCC(C(=O)Nc2sc3c(c2C#N)CCCCC3)CC1. The molecule has 0 saturated heterocycles. The van der Waals surface area contributed by atoms with E-state index in [1.807, 2.05) is 0 Å². The molecular formula is C21H30N2OS. The summed E-state index contributed by atoms with van der Waals surface area (Å²) in [6.07, 6.45) is 9.85. The lowest BCUT2D eigenvalue weighted by Crippen LogP contribution is -2.31. The maximum absolute atomic E-state index is 12.8. The van der Waals surface area contributed by atoms with E-state index in [2.05, 4.69) is 32.2 Å². The van der Waals surface area contributed by atoms with Crippen LogP contribution in [0.1, 0.15) is 81.7 Å². The average Bonchev–Trinajstić information content (AvgIpc) is 2.74. The number of hydrogen-bond acceptors (Lipinski definition) is 3. The summed E-state index contributed by atoms with van der Waals surface area (Å²) >= 11 is 1.64. The highest BCUT2D eigenvalue weighted by Crippen LogP contribution is 2.41. The van der Waals surface area contributed by atoms with E-state index in [0.29, 0.717) is 11.3 Å². The Bertz CT molecular complexity index is 669. The number of carbonyl (C=O) groups is 1. The van der Waals surface area contributed by atoms with E-state index in [9.17, 15) is 10.1 Å². The molecule has 0 unspecified atom stereocenters. The number of rotatable bonds is 2. The zero-order chi connectivity index (χ0) is 18.0. The highest BCUT2D eigenvalue weighted by Gasteiger charge is 2.33. The molecule has 1 fully saturated rings. The lowest BCUT2D eigenvalue weighted by atomic mass is 9.70. The zero-order valence-corrected chi connectivity index (χ0v) is 16.6. The summed E-state index contributed by atoms with van der Waals surface area (Å²) in [5.41, 5.74) is 2.27. The van der Waals surface area contributed by atoms with Crippen LogP contribution in [0.15, 0.2) is 0 Å². The van der Waals surface area contributed by atoms with Crippen LogP contribution in [0.25, 0.3) is 0 Å². The van der Waals surface area contributed by atoms with Gasteiger partial charge in [-0.2, -0.15) is 5.26 Å². The van der Waals surface area contributed by atoms with Gasteiger partial charge in [0.05, 0.1) is 5.56 Å². The van der Waals surface area contributed by atoms with Crippen molar-refractivity contribution in [2.75, 3.05) is 5.32 Å². The topological polar surface area (TPSA) is 52.9 Å². The molecule has 0 aromatic carbocycles. The molecule has 3 rings (SSSR count). The van der Waals surface area contributed by atoms with Gasteiger partial charge in [-0.05, 0) is 68.3 Å². The second-order valence-corrected chi connectivity index (χ2v) is 9.89. The van der Waals surface area contributed by atoms with Crippen molar-refractivity contribution in [1.29, 1.82) is 5.26 Å². The molecule has 0 radical (unpaired) electrons. The lowest BCUT2D eigenvalue weighted by molar-refractivity contribution is -0.121. The van der Waals surface area contributed by atoms with Gasteiger partial charge >= 0.3 is 0 Å². The van der Waals surface area contributed by atoms with Crippen molar-refractivity contribution in [3.63, 3.8) is 0 Å². The van der Waals surface area contributed by atoms with Crippen molar-refractivity contribution < 1.29 is 4.79 Å². The summed E-state index contributed by atoms with van der Waals surface area (Å²) in [7, 11) is 0. The summed E-state index contributed by atoms with van der Waals surface area (Å²) in [6.45, 7) is 6.90. The van der Waals surface area contributed by atoms with Gasteiger partial charge in [-0.1, -0.05) is 27.2 Å². The number of anilines is 1. The van der Waals surface area contributed by atoms with Gasteiger partial charge in [0.15, 0.2) is 0 Å². The Kier molecular flexibility index (Phi) is 5.53. The highest BCUT2D eigenvalue weighted by atomic mass is 32.1. The smallest absolute Gasteiger partial charge is 0.228 e. The molecule has 0 bridgehead atoms. The fraction of sp³-hybridized carbons (Fsp3) is 0.714. The molecule has 0 spiro atoms. The molecule has 1 saturated carbocycles. The van der Waals surface area contributed by atoms with Crippen LogP contribution >= 0.6 is 11.3 Å². The number of nitrogens with one attached hydrogen (secondary N) is 1. The third-order valence-corrected chi connectivity index (χ3v) is 7.30. The predicted octanol–water partition coefficient (Wildman–Crippen LogP) is 5.68. The third-order valence-electron chi connectivity index (χ3n) is 6.09. The van der Waals surface area contributed by atoms with Gasteiger partial charge in [-0.3, -0.25) is 4.79 Å². The first-order valence-electron chi connectivity index (χ1n) is 9.75. The van der Waals surface area contributed by atoms with Crippen LogP contribution in [0.2, 0.25) is 0 Å². The van der Waals surface area contributed by atoms with Gasteiger partial charge in [0, 0.05) is 10.8 Å². The van der Waals surface area contributed by atoms with E-state index < -0.39 is 0 Å². The lowest BCUT2D eigenvalue weighted by Gasteiger charge is -2.36. The molecule has 2 aliphatic carbocycles. The number of nitrogens with zero attached hydrogens (tertiary/aromatic N) is 1. The quantitative estimate of drug-likeness (QED) is 0.691. The first kappa shape index (κ1) is 18.5. The number of carbonyl (C=O) groups excluding carboxylic acids is 1. The minimum absolute atomic E-state index is 0.104. The first-order valence-corrected chi connectivity index (χ1v) is 10.6. The minimum atomic E-state index is 0.104. The van der Waals surface area contributed by atoms with Crippen LogP contribution in [-0.2, 0) is 17.6 Å². The number of amides is 1. The Morgan fingerprint density at radius 2 is 1.80 bits per heavy atom. The maximum atomic E-state index is 12.8. The predicted molar refractivity (Wildman–Crippen MR) is 104 cm³/mol. The van der Waals surface area contributed by atoms with Gasteiger partial charge in [-0.25, -0.2) is 0 Å². The minimum Gasteiger partial charge on any atom is -0.316 e. The molecule has 4 heteroatoms. The summed E-state index contributed by atoms with van der Waals surface area (Å²) in [5, 5.41) is 13.5. The monoisotopic (exact) mass is 358 g/mol. The van der Waals surface area contributed by atoms with Crippen molar-refractivity contribution in [2.24, 2.45) is 17.3 Å². The largest absolute Gasteiger partial charge is 0.316 e. The summed E-state index contributed by atoms with van der Waals surface area (Å²) in [4.78, 5) is 14.1. The second kappa shape index (κ2) is 7.50. The molecule has 0 atom stereocenters. The van der Waals surface area contributed by atoms with Crippen molar-refractivity contribution in [1.82, 2.24) is 0 Å². The Morgan fingerprint density at radius 1 is 1.12 bits per heavy atom. The summed E-state index contributed by atoms with van der Waals surface area (Å²) < 4.78 is 0. The summed E-state index contributed by atoms with van der Waals surface area (Å²) in [5.74, 6) is 0.941. The molecule has 1 aromatic heterocycles. The van der Waals surface area contributed by atoms with Crippen molar-refractivity contribution >= 4 is 22.2 Å². The maximum Gasteiger partial charge on any atom is 0.228 e. The molecule has 1 heterocycles. The normalized spacial score (nSPS) is 24.1. The molecule has 2 aliphatic rings. The highest BCUT2D eigenvalue weighted by molar-refractivity contribution is 7.16. The molecule has 3 nitrogen and oxygen atoms in total. The van der Waals surface area contributed by atoms with Crippen molar-refractivity contribution in [3.05, 3.63) is 16.0 Å². The average molecular weight is 359 g/mol. The number of thiophene rings is 1. The van der Waals surface area contributed by atoms with Crippen LogP contribution in [0.3, 0.4) is 0 Å². The van der Waals surface area contributed by atoms with E-state index in [0.717, 1.165) is 55.5 Å². The Hall–Kier alpha value is -1.34. The fourth-order valence-corrected chi connectivity index (χ4v) is 5.63. The van der Waals surface area contributed by atoms with E-state index >= 15 is 0 Å². The van der Waals surface area contributed by atoms with Crippen LogP contribution in [0, 0.1) is 28.6 Å². The number of hydrogen-bond donors (Lipinski definition) is 1. The van der Waals surface area contributed by atoms with E-state index in [4.69, 9.17) is 0 Å². The van der Waals surface area contributed by atoms with Gasteiger partial charge in [0.25, 0.3) is 0 Å². The molecule has 1 N–H and O–H groups in total. The third kappa shape index (κ3) is 4.08. The van der Waals surface area contributed by atoms with Crippen LogP contribution in [-0.4, -0.2) is 5.91 Å². The summed E-state index contributed by atoms with van der Waals surface area (Å²) in [6, 6.07) is 2.36. The van der Waals surface area contributed by atoms with Gasteiger partial charge in [0.1, 0.15) is 11.1 Å². The molecule has 136 valence electrons. The molecule has 1 aromatic rings. The van der Waals surface area contributed by atoms with Gasteiger partial charge in [-0.15, -0.1) is 11.3 Å². The molecule has 25 heavy (non-hydrogen) atoms. The Labute approximate surface area is 155 Å². The molecule has 1 amide bonds. The number of aryl methyl sites for hydroxylation is 1. The molecular weight excluding hydrogens is 328 g/mol. The van der Waals surface area contributed by atoms with E-state index in [-0.39, 0.29) is 11.8 Å². The fourth-order valence-electron chi connectivity index (χ4n) is 4.38. The Morgan fingerprint density at radius 3 is 2.44 bits per heavy atom. The van der Waals surface area contributed by atoms with Gasteiger partial charge < -0.3 is 5.32 Å². The van der Waals surface area contributed by atoms with Gasteiger partial charge in [0.2, 0.25) is 5.91 Å². The van der Waals surface area contributed by atoms with E-state index in [1.54, 1.807) is 11.3 Å². The van der Waals surface area contributed by atoms with Crippen LogP contribution < -0.4 is 5.32 Å². The van der Waals surface area contributed by atoms with Crippen molar-refractivity contribution in [2.45, 2.75) is 78.6 Å². The molecule has 0 aliphatic heterocycles. The van der Waals surface area contributed by atoms with E-state index in [1.165, 1.54) is 23.3 Å². The standard InChI is InChI=1S/C21H30N2OS/c1-21(2,3)15-11-9-14(10-12-15)19(24)23-20-17(13-22)16-7-5-4-6-8-18(16)25-20/h14-15H,4-12H2,1-3H3,(H,23,24). The second-order valence-electron chi connectivity index (χ2n) is 8.78. The first-order chi connectivity index (χ1) is 11.9. The van der Waals surface area contributed by atoms with Crippen molar-refractivity contribution in [3.8, 4) is 6.07 Å². The van der Waals surface area contributed by atoms with Crippen LogP contribution in [0.4, 0.5) is 5.00 Å².